The summed E-state index contributed by atoms with van der Waals surface area (Å²) in [6.45, 7) is 6.06. The van der Waals surface area contributed by atoms with E-state index in [0.717, 1.165) is 25.3 Å². The van der Waals surface area contributed by atoms with E-state index in [9.17, 15) is 9.59 Å². The Hall–Kier alpha value is -1.89. The van der Waals surface area contributed by atoms with Crippen LogP contribution in [0.2, 0.25) is 0 Å². The molecule has 1 N–H and O–H groups in total. The van der Waals surface area contributed by atoms with E-state index in [1.54, 1.807) is 4.57 Å². The Labute approximate surface area is 115 Å². The summed E-state index contributed by atoms with van der Waals surface area (Å²) in [6.07, 6.45) is 0.973. The molecule has 0 bridgehead atoms. The summed E-state index contributed by atoms with van der Waals surface area (Å²) in [5.74, 6) is 0.790. The Morgan fingerprint density at radius 3 is 2.75 bits per heavy atom. The van der Waals surface area contributed by atoms with Crippen LogP contribution in [-0.4, -0.2) is 31.8 Å². The smallest absolute Gasteiger partial charge is 0.318 e. The monoisotopic (exact) mass is 277 g/mol. The molecule has 108 valence electrons. The summed E-state index contributed by atoms with van der Waals surface area (Å²) < 4.78 is 4.72. The van der Waals surface area contributed by atoms with Crippen LogP contribution in [0, 0.1) is 6.92 Å². The van der Waals surface area contributed by atoms with Gasteiger partial charge in [-0.05, 0) is 26.8 Å². The third-order valence-corrected chi connectivity index (χ3v) is 4.07. The molecular formula is C13H19N5O2. The standard InChI is InChI=1S/C13H19N5O2/c1-4-17-11-10(12(19)16(3)13(17)20)18(8(2)15-11)9-5-6-14-7-9/h9,14H,4-7H2,1-3H3. The van der Waals surface area contributed by atoms with Crippen molar-refractivity contribution in [3.05, 3.63) is 26.7 Å². The number of hydrogen-bond donors (Lipinski definition) is 1. The highest BCUT2D eigenvalue weighted by Gasteiger charge is 2.24. The molecule has 1 fully saturated rings. The maximum atomic E-state index is 12.5. The lowest BCUT2D eigenvalue weighted by Gasteiger charge is -2.14. The van der Waals surface area contributed by atoms with Crippen LogP contribution in [-0.2, 0) is 13.6 Å². The minimum Gasteiger partial charge on any atom is -0.318 e. The first kappa shape index (κ1) is 13.1. The molecule has 7 heteroatoms. The number of nitrogens with one attached hydrogen (secondary N) is 1. The zero-order chi connectivity index (χ0) is 14.4. The van der Waals surface area contributed by atoms with Gasteiger partial charge in [0, 0.05) is 26.2 Å². The first-order valence-corrected chi connectivity index (χ1v) is 6.95. The normalized spacial score (nSPS) is 19.1. The van der Waals surface area contributed by atoms with Gasteiger partial charge in [0.15, 0.2) is 11.2 Å². The molecule has 1 unspecified atom stereocenters. The van der Waals surface area contributed by atoms with Crippen LogP contribution < -0.4 is 16.6 Å². The molecule has 1 saturated heterocycles. The van der Waals surface area contributed by atoms with Crippen LogP contribution in [0.15, 0.2) is 9.59 Å². The maximum absolute atomic E-state index is 12.5. The molecule has 7 nitrogen and oxygen atoms in total. The third-order valence-electron chi connectivity index (χ3n) is 4.07. The number of hydrogen-bond acceptors (Lipinski definition) is 4. The second-order valence-electron chi connectivity index (χ2n) is 5.24. The van der Waals surface area contributed by atoms with Crippen molar-refractivity contribution in [1.29, 1.82) is 0 Å². The van der Waals surface area contributed by atoms with Gasteiger partial charge in [0.2, 0.25) is 0 Å². The van der Waals surface area contributed by atoms with Crippen molar-refractivity contribution in [3.8, 4) is 0 Å². The Bertz CT molecular complexity index is 777. The molecule has 0 spiro atoms. The second kappa shape index (κ2) is 4.59. The molecule has 1 aliphatic rings. The van der Waals surface area contributed by atoms with E-state index in [-0.39, 0.29) is 17.3 Å². The van der Waals surface area contributed by atoms with Gasteiger partial charge in [-0.3, -0.25) is 13.9 Å². The zero-order valence-electron chi connectivity index (χ0n) is 12.0. The molecule has 3 heterocycles. The molecule has 3 rings (SSSR count). The fourth-order valence-corrected chi connectivity index (χ4v) is 3.03. The Kier molecular flexibility index (Phi) is 3.01. The number of nitrogens with zero attached hydrogens (tertiary/aromatic N) is 4. The van der Waals surface area contributed by atoms with E-state index >= 15 is 0 Å². The average Bonchev–Trinajstić information content (AvgIpc) is 3.04. The van der Waals surface area contributed by atoms with Crippen LogP contribution >= 0.6 is 0 Å². The van der Waals surface area contributed by atoms with E-state index in [2.05, 4.69) is 10.3 Å². The maximum Gasteiger partial charge on any atom is 0.332 e. The largest absolute Gasteiger partial charge is 0.332 e. The van der Waals surface area contributed by atoms with Gasteiger partial charge in [-0.1, -0.05) is 0 Å². The molecule has 1 atom stereocenters. The van der Waals surface area contributed by atoms with Crippen LogP contribution in [0.5, 0.6) is 0 Å². The lowest BCUT2D eigenvalue weighted by molar-refractivity contribution is 0.544. The van der Waals surface area contributed by atoms with Crippen LogP contribution in [0.4, 0.5) is 0 Å². The highest BCUT2D eigenvalue weighted by atomic mass is 16.2. The first-order chi connectivity index (χ1) is 9.56. The highest BCUT2D eigenvalue weighted by molar-refractivity contribution is 5.71. The van der Waals surface area contributed by atoms with Gasteiger partial charge in [0.1, 0.15) is 5.82 Å². The molecule has 1 aliphatic heterocycles. The van der Waals surface area contributed by atoms with Crippen molar-refractivity contribution in [2.45, 2.75) is 32.9 Å². The highest BCUT2D eigenvalue weighted by Crippen LogP contribution is 2.22. The molecule has 0 saturated carbocycles. The lowest BCUT2D eigenvalue weighted by Crippen LogP contribution is -2.38. The lowest BCUT2D eigenvalue weighted by atomic mass is 10.2. The first-order valence-electron chi connectivity index (χ1n) is 6.95. The van der Waals surface area contributed by atoms with Crippen LogP contribution in [0.3, 0.4) is 0 Å². The number of aromatic nitrogens is 4. The minimum atomic E-state index is -0.306. The molecule has 20 heavy (non-hydrogen) atoms. The third kappa shape index (κ3) is 1.66. The fraction of sp³-hybridized carbons (Fsp3) is 0.615. The number of fused-ring (bicyclic) bond motifs is 1. The summed E-state index contributed by atoms with van der Waals surface area (Å²) in [6, 6.07) is 0.232. The summed E-state index contributed by atoms with van der Waals surface area (Å²) in [4.78, 5) is 29.1. The predicted octanol–water partition coefficient (Wildman–Crippen LogP) is -0.241. The molecule has 0 radical (unpaired) electrons. The van der Waals surface area contributed by atoms with Gasteiger partial charge in [-0.15, -0.1) is 0 Å². The summed E-state index contributed by atoms with van der Waals surface area (Å²) in [5.41, 5.74) is 0.478. The van der Waals surface area contributed by atoms with E-state index in [1.165, 1.54) is 11.6 Å². The number of aryl methyl sites for hydroxylation is 2. The van der Waals surface area contributed by atoms with Gasteiger partial charge in [-0.25, -0.2) is 9.78 Å². The quantitative estimate of drug-likeness (QED) is 0.822. The summed E-state index contributed by atoms with van der Waals surface area (Å²) in [5, 5.41) is 3.30. The SMILES string of the molecule is CCn1c(=O)n(C)c(=O)c2c1nc(C)n2C1CCNC1. The minimum absolute atomic E-state index is 0.232. The fourth-order valence-electron chi connectivity index (χ4n) is 3.03. The van der Waals surface area contributed by atoms with Gasteiger partial charge < -0.3 is 9.88 Å². The Morgan fingerprint density at radius 1 is 1.40 bits per heavy atom. The van der Waals surface area contributed by atoms with E-state index < -0.39 is 0 Å². The van der Waals surface area contributed by atoms with Gasteiger partial charge in [-0.2, -0.15) is 0 Å². The predicted molar refractivity (Wildman–Crippen MR) is 76.2 cm³/mol. The van der Waals surface area contributed by atoms with Crippen LogP contribution in [0.25, 0.3) is 11.2 Å². The van der Waals surface area contributed by atoms with Gasteiger partial charge in [0.05, 0.1) is 0 Å². The molecule has 2 aromatic rings. The van der Waals surface area contributed by atoms with Crippen molar-refractivity contribution in [2.24, 2.45) is 7.05 Å². The molecular weight excluding hydrogens is 258 g/mol. The van der Waals surface area contributed by atoms with Crippen molar-refractivity contribution in [2.75, 3.05) is 13.1 Å². The van der Waals surface area contributed by atoms with Gasteiger partial charge >= 0.3 is 5.69 Å². The van der Waals surface area contributed by atoms with Crippen LogP contribution in [0.1, 0.15) is 25.2 Å². The van der Waals surface area contributed by atoms with Crippen molar-refractivity contribution in [1.82, 2.24) is 24.0 Å². The molecule has 0 aromatic carbocycles. The van der Waals surface area contributed by atoms with Crippen molar-refractivity contribution >= 4 is 11.2 Å². The zero-order valence-corrected chi connectivity index (χ0v) is 12.0. The number of imidazole rings is 1. The summed E-state index contributed by atoms with van der Waals surface area (Å²) in [7, 11) is 1.52. The van der Waals surface area contributed by atoms with Crippen molar-refractivity contribution in [3.63, 3.8) is 0 Å². The van der Waals surface area contributed by atoms with Crippen molar-refractivity contribution < 1.29 is 0 Å². The van der Waals surface area contributed by atoms with E-state index in [1.807, 2.05) is 18.4 Å². The summed E-state index contributed by atoms with van der Waals surface area (Å²) >= 11 is 0. The molecule has 2 aromatic heterocycles. The van der Waals surface area contributed by atoms with Gasteiger partial charge in [0.25, 0.3) is 5.56 Å². The van der Waals surface area contributed by atoms with E-state index in [4.69, 9.17) is 0 Å². The Morgan fingerprint density at radius 2 is 2.15 bits per heavy atom. The van der Waals surface area contributed by atoms with E-state index in [0.29, 0.717) is 17.7 Å². The number of rotatable bonds is 2. The second-order valence-corrected chi connectivity index (χ2v) is 5.24. The Balaban J connectivity index is 2.43. The molecule has 0 amide bonds. The average molecular weight is 277 g/mol. The molecule has 0 aliphatic carbocycles. The topological polar surface area (TPSA) is 73.8 Å².